The third-order valence-electron chi connectivity index (χ3n) is 3.82. The molecule has 150 valence electrons. The largest absolute Gasteiger partial charge is 0.497 e. The monoisotopic (exact) mass is 486 g/mol. The van der Waals surface area contributed by atoms with Gasteiger partial charge in [-0.05, 0) is 43.2 Å². The van der Waals surface area contributed by atoms with Gasteiger partial charge >= 0.3 is 0 Å². The summed E-state index contributed by atoms with van der Waals surface area (Å²) in [6.45, 7) is 6.73. The van der Waals surface area contributed by atoms with E-state index in [0.717, 1.165) is 49.9 Å². The van der Waals surface area contributed by atoms with E-state index in [0.29, 0.717) is 13.2 Å². The van der Waals surface area contributed by atoms with Crippen molar-refractivity contribution in [3.05, 3.63) is 54.4 Å². The van der Waals surface area contributed by atoms with Crippen LogP contribution in [0, 0.1) is 0 Å². The number of hydrogen-bond donors (Lipinski definition) is 2. The molecule has 2 aromatic rings. The lowest BCUT2D eigenvalue weighted by Crippen LogP contribution is -2.38. The standard InChI is InChI=1S/C20H30N4O2.HI/c1-3-21-20(23-12-15-24-13-4-5-14-24)22-11-6-16-26-17-18-7-9-19(25-2)10-8-18;/h4-5,7-10,13-14H,3,6,11-12,15-17H2,1-2H3,(H2,21,22,23);1H. The SMILES string of the molecule is CCNC(=NCCCOCc1ccc(OC)cc1)NCCn1cccc1.I. The zero-order chi connectivity index (χ0) is 18.5. The van der Waals surface area contributed by atoms with Gasteiger partial charge in [0.1, 0.15) is 5.75 Å². The van der Waals surface area contributed by atoms with Crippen LogP contribution in [0.4, 0.5) is 0 Å². The molecule has 0 radical (unpaired) electrons. The number of ether oxygens (including phenoxy) is 2. The molecule has 1 aromatic heterocycles. The molecule has 0 saturated heterocycles. The van der Waals surface area contributed by atoms with Crippen LogP contribution in [0.2, 0.25) is 0 Å². The molecule has 0 unspecified atom stereocenters. The Balaban J connectivity index is 0.00000364. The number of methoxy groups -OCH3 is 1. The fourth-order valence-corrected chi connectivity index (χ4v) is 2.43. The highest BCUT2D eigenvalue weighted by atomic mass is 127. The third kappa shape index (κ3) is 9.67. The van der Waals surface area contributed by atoms with Crippen molar-refractivity contribution in [2.75, 3.05) is 33.4 Å². The number of rotatable bonds is 11. The Morgan fingerprint density at radius 1 is 1.11 bits per heavy atom. The molecular formula is C20H31IN4O2. The molecule has 0 fully saturated rings. The van der Waals surface area contributed by atoms with Crippen molar-refractivity contribution < 1.29 is 9.47 Å². The molecule has 0 saturated carbocycles. The maximum Gasteiger partial charge on any atom is 0.191 e. The van der Waals surface area contributed by atoms with E-state index in [2.05, 4.69) is 39.5 Å². The summed E-state index contributed by atoms with van der Waals surface area (Å²) in [4.78, 5) is 4.59. The van der Waals surface area contributed by atoms with E-state index in [1.807, 2.05) is 36.4 Å². The van der Waals surface area contributed by atoms with Crippen LogP contribution in [0.5, 0.6) is 5.75 Å². The van der Waals surface area contributed by atoms with Gasteiger partial charge < -0.3 is 24.7 Å². The fourth-order valence-electron chi connectivity index (χ4n) is 2.43. The lowest BCUT2D eigenvalue weighted by Gasteiger charge is -2.11. The molecule has 6 nitrogen and oxygen atoms in total. The highest BCUT2D eigenvalue weighted by Gasteiger charge is 1.98. The average Bonchev–Trinajstić information content (AvgIpc) is 3.18. The zero-order valence-electron chi connectivity index (χ0n) is 16.2. The Morgan fingerprint density at radius 3 is 2.52 bits per heavy atom. The lowest BCUT2D eigenvalue weighted by atomic mass is 10.2. The van der Waals surface area contributed by atoms with Crippen LogP contribution < -0.4 is 15.4 Å². The molecule has 7 heteroatoms. The van der Waals surface area contributed by atoms with E-state index in [1.54, 1.807) is 7.11 Å². The van der Waals surface area contributed by atoms with Crippen LogP contribution >= 0.6 is 24.0 Å². The summed E-state index contributed by atoms with van der Waals surface area (Å²) in [5, 5.41) is 6.62. The highest BCUT2D eigenvalue weighted by Crippen LogP contribution is 2.11. The minimum absolute atomic E-state index is 0. The highest BCUT2D eigenvalue weighted by molar-refractivity contribution is 14.0. The number of guanidine groups is 1. The fraction of sp³-hybridized carbons (Fsp3) is 0.450. The number of hydrogen-bond acceptors (Lipinski definition) is 3. The molecule has 27 heavy (non-hydrogen) atoms. The first-order valence-electron chi connectivity index (χ1n) is 9.15. The van der Waals surface area contributed by atoms with Gasteiger partial charge in [-0.2, -0.15) is 0 Å². The Hall–Kier alpha value is -1.74. The summed E-state index contributed by atoms with van der Waals surface area (Å²) < 4.78 is 13.0. The first-order chi connectivity index (χ1) is 12.8. The minimum Gasteiger partial charge on any atom is -0.497 e. The van der Waals surface area contributed by atoms with E-state index in [4.69, 9.17) is 9.47 Å². The lowest BCUT2D eigenvalue weighted by molar-refractivity contribution is 0.120. The van der Waals surface area contributed by atoms with Gasteiger partial charge in [-0.3, -0.25) is 4.99 Å². The summed E-state index contributed by atoms with van der Waals surface area (Å²) in [5.74, 6) is 1.72. The van der Waals surface area contributed by atoms with E-state index in [1.165, 1.54) is 0 Å². The van der Waals surface area contributed by atoms with Gasteiger partial charge in [0.15, 0.2) is 5.96 Å². The predicted molar refractivity (Wildman–Crippen MR) is 121 cm³/mol. The van der Waals surface area contributed by atoms with E-state index in [-0.39, 0.29) is 24.0 Å². The molecule has 0 amide bonds. The van der Waals surface area contributed by atoms with Crippen molar-refractivity contribution in [2.24, 2.45) is 4.99 Å². The summed E-state index contributed by atoms with van der Waals surface area (Å²) in [5.41, 5.74) is 1.15. The first kappa shape index (κ1) is 23.3. The van der Waals surface area contributed by atoms with Crippen LogP contribution in [-0.4, -0.2) is 43.9 Å². The average molecular weight is 486 g/mol. The summed E-state index contributed by atoms with van der Waals surface area (Å²) in [6, 6.07) is 12.0. The smallest absolute Gasteiger partial charge is 0.191 e. The van der Waals surface area contributed by atoms with Crippen molar-refractivity contribution in [1.82, 2.24) is 15.2 Å². The van der Waals surface area contributed by atoms with Gasteiger partial charge in [0.2, 0.25) is 0 Å². The molecular weight excluding hydrogens is 455 g/mol. The third-order valence-corrected chi connectivity index (χ3v) is 3.82. The van der Waals surface area contributed by atoms with Crippen molar-refractivity contribution in [3.8, 4) is 5.75 Å². The number of halogens is 1. The molecule has 0 aliphatic rings. The number of aliphatic imine (C=N–C) groups is 1. The van der Waals surface area contributed by atoms with Gasteiger partial charge in [0.25, 0.3) is 0 Å². The normalized spacial score (nSPS) is 11.0. The molecule has 2 N–H and O–H groups in total. The quantitative estimate of drug-likeness (QED) is 0.222. The van der Waals surface area contributed by atoms with E-state index in [9.17, 15) is 0 Å². The Morgan fingerprint density at radius 2 is 1.85 bits per heavy atom. The van der Waals surface area contributed by atoms with Crippen molar-refractivity contribution in [1.29, 1.82) is 0 Å². The maximum atomic E-state index is 5.71. The number of aromatic nitrogens is 1. The van der Waals surface area contributed by atoms with Crippen molar-refractivity contribution in [2.45, 2.75) is 26.5 Å². The molecule has 0 atom stereocenters. The zero-order valence-corrected chi connectivity index (χ0v) is 18.5. The second kappa shape index (κ2) is 14.3. The molecule has 1 heterocycles. The molecule has 0 bridgehead atoms. The van der Waals surface area contributed by atoms with Gasteiger partial charge in [-0.25, -0.2) is 0 Å². The first-order valence-corrected chi connectivity index (χ1v) is 9.15. The van der Waals surface area contributed by atoms with Crippen molar-refractivity contribution >= 4 is 29.9 Å². The number of nitrogens with one attached hydrogen (secondary N) is 2. The summed E-state index contributed by atoms with van der Waals surface area (Å²) in [6.07, 6.45) is 5.02. The van der Waals surface area contributed by atoms with Crippen LogP contribution in [0.3, 0.4) is 0 Å². The van der Waals surface area contributed by atoms with Crippen LogP contribution in [0.15, 0.2) is 53.8 Å². The second-order valence-corrected chi connectivity index (χ2v) is 5.86. The van der Waals surface area contributed by atoms with Crippen LogP contribution in [-0.2, 0) is 17.9 Å². The minimum atomic E-state index is 0. The Labute approximate surface area is 179 Å². The van der Waals surface area contributed by atoms with Gasteiger partial charge in [0, 0.05) is 45.2 Å². The van der Waals surface area contributed by atoms with Crippen LogP contribution in [0.25, 0.3) is 0 Å². The Kier molecular flexibility index (Phi) is 12.4. The van der Waals surface area contributed by atoms with Gasteiger partial charge in [-0.1, -0.05) is 12.1 Å². The Bertz CT molecular complexity index is 630. The molecule has 1 aromatic carbocycles. The molecule has 2 rings (SSSR count). The molecule has 0 spiro atoms. The summed E-state index contributed by atoms with van der Waals surface area (Å²) >= 11 is 0. The topological polar surface area (TPSA) is 59.8 Å². The number of benzene rings is 1. The summed E-state index contributed by atoms with van der Waals surface area (Å²) in [7, 11) is 1.67. The van der Waals surface area contributed by atoms with E-state index < -0.39 is 0 Å². The predicted octanol–water partition coefficient (Wildman–Crippen LogP) is 3.28. The molecule has 0 aliphatic heterocycles. The van der Waals surface area contributed by atoms with Crippen molar-refractivity contribution in [3.63, 3.8) is 0 Å². The van der Waals surface area contributed by atoms with Gasteiger partial charge in [-0.15, -0.1) is 24.0 Å². The number of nitrogens with zero attached hydrogens (tertiary/aromatic N) is 2. The second-order valence-electron chi connectivity index (χ2n) is 5.86. The van der Waals surface area contributed by atoms with E-state index >= 15 is 0 Å². The van der Waals surface area contributed by atoms with Gasteiger partial charge in [0.05, 0.1) is 13.7 Å². The molecule has 0 aliphatic carbocycles. The maximum absolute atomic E-state index is 5.71. The van der Waals surface area contributed by atoms with Crippen LogP contribution in [0.1, 0.15) is 18.9 Å².